The van der Waals surface area contributed by atoms with Crippen LogP contribution in [0.1, 0.15) is 48.3 Å². The molecule has 1 N–H and O–H groups in total. The fraction of sp³-hybridized carbons (Fsp3) is 0.522. The van der Waals surface area contributed by atoms with Gasteiger partial charge in [0.25, 0.3) is 5.91 Å². The number of thiazole rings is 1. The molecule has 0 aromatic carbocycles. The lowest BCUT2D eigenvalue weighted by molar-refractivity contribution is 0.102. The Labute approximate surface area is 207 Å². The molecule has 1 aliphatic heterocycles. The SMILES string of the molecule is Cc1cc(C(=O)Nc2nc(-c3cc(Cl)cs3)c(N3CCN(C4CCCCC4)CC3)s2)nn1C. The second kappa shape index (κ2) is 9.74. The van der Waals surface area contributed by atoms with E-state index in [4.69, 9.17) is 16.6 Å². The molecule has 1 saturated carbocycles. The van der Waals surface area contributed by atoms with E-state index in [1.54, 1.807) is 22.1 Å². The van der Waals surface area contributed by atoms with E-state index < -0.39 is 0 Å². The van der Waals surface area contributed by atoms with Gasteiger partial charge < -0.3 is 4.90 Å². The Morgan fingerprint density at radius 3 is 2.55 bits per heavy atom. The number of carbonyl (C=O) groups excluding carboxylic acids is 1. The molecule has 3 aromatic heterocycles. The molecule has 10 heteroatoms. The smallest absolute Gasteiger partial charge is 0.277 e. The normalized spacial score (nSPS) is 18.1. The summed E-state index contributed by atoms with van der Waals surface area (Å²) in [5, 5.41) is 11.6. The quantitative estimate of drug-likeness (QED) is 0.512. The van der Waals surface area contributed by atoms with Crippen LogP contribution in [0.4, 0.5) is 10.1 Å². The summed E-state index contributed by atoms with van der Waals surface area (Å²) in [6.45, 7) is 6.01. The van der Waals surface area contributed by atoms with Gasteiger partial charge in [-0.1, -0.05) is 42.2 Å². The number of aryl methyl sites for hydroxylation is 2. The molecule has 0 spiro atoms. The highest BCUT2D eigenvalue weighted by atomic mass is 35.5. The first kappa shape index (κ1) is 22.8. The molecule has 33 heavy (non-hydrogen) atoms. The molecule has 0 bridgehead atoms. The molecule has 176 valence electrons. The summed E-state index contributed by atoms with van der Waals surface area (Å²) in [5.74, 6) is -0.239. The van der Waals surface area contributed by atoms with Crippen molar-refractivity contribution in [3.63, 3.8) is 0 Å². The molecule has 7 nitrogen and oxygen atoms in total. The molecular formula is C23H29ClN6OS2. The first-order valence-corrected chi connectivity index (χ1v) is 13.6. The minimum Gasteiger partial charge on any atom is -0.359 e. The van der Waals surface area contributed by atoms with E-state index in [-0.39, 0.29) is 5.91 Å². The van der Waals surface area contributed by atoms with Gasteiger partial charge in [-0.05, 0) is 31.9 Å². The first-order chi connectivity index (χ1) is 16.0. The van der Waals surface area contributed by atoms with Crippen molar-refractivity contribution in [2.45, 2.75) is 45.1 Å². The highest BCUT2D eigenvalue weighted by molar-refractivity contribution is 7.21. The van der Waals surface area contributed by atoms with E-state index in [9.17, 15) is 4.79 Å². The van der Waals surface area contributed by atoms with Gasteiger partial charge in [0.1, 0.15) is 10.7 Å². The van der Waals surface area contributed by atoms with Crippen LogP contribution >= 0.6 is 34.3 Å². The average molecular weight is 505 g/mol. The van der Waals surface area contributed by atoms with Gasteiger partial charge in [0.2, 0.25) is 0 Å². The predicted octanol–water partition coefficient (Wildman–Crippen LogP) is 5.27. The number of thiophene rings is 1. The number of anilines is 2. The number of nitrogens with one attached hydrogen (secondary N) is 1. The summed E-state index contributed by atoms with van der Waals surface area (Å²) in [7, 11) is 1.83. The molecule has 4 heterocycles. The molecule has 2 aliphatic rings. The van der Waals surface area contributed by atoms with E-state index in [0.29, 0.717) is 15.8 Å². The van der Waals surface area contributed by atoms with Crippen molar-refractivity contribution in [3.05, 3.63) is 33.9 Å². The monoisotopic (exact) mass is 504 g/mol. The number of halogens is 1. The van der Waals surface area contributed by atoms with Gasteiger partial charge in [-0.25, -0.2) is 4.98 Å². The van der Waals surface area contributed by atoms with Gasteiger partial charge in [0.05, 0.1) is 9.90 Å². The van der Waals surface area contributed by atoms with Crippen molar-refractivity contribution in [1.82, 2.24) is 19.7 Å². The number of amides is 1. The van der Waals surface area contributed by atoms with Crippen LogP contribution < -0.4 is 10.2 Å². The van der Waals surface area contributed by atoms with E-state index in [1.165, 1.54) is 43.4 Å². The lowest BCUT2D eigenvalue weighted by Crippen LogP contribution is -2.50. The van der Waals surface area contributed by atoms with Crippen LogP contribution in [0.5, 0.6) is 0 Å². The highest BCUT2D eigenvalue weighted by Crippen LogP contribution is 2.42. The van der Waals surface area contributed by atoms with Crippen LogP contribution in [0.2, 0.25) is 5.02 Å². The standard InChI is InChI=1S/C23H29ClN6OS2/c1-15-12-18(27-28(15)2)21(31)26-23-25-20(19-13-16(24)14-32-19)22(33-23)30-10-8-29(9-11-30)17-6-4-3-5-7-17/h12-14,17H,3-11H2,1-2H3,(H,25,26,31). The molecule has 2 fully saturated rings. The van der Waals surface area contributed by atoms with Gasteiger partial charge in [-0.3, -0.25) is 19.7 Å². The zero-order chi connectivity index (χ0) is 22.9. The second-order valence-corrected chi connectivity index (χ2v) is 11.2. The summed E-state index contributed by atoms with van der Waals surface area (Å²) in [6.07, 6.45) is 6.78. The molecular weight excluding hydrogens is 476 g/mol. The van der Waals surface area contributed by atoms with Crippen molar-refractivity contribution in [2.24, 2.45) is 7.05 Å². The molecule has 0 atom stereocenters. The summed E-state index contributed by atoms with van der Waals surface area (Å²) >= 11 is 9.35. The second-order valence-electron chi connectivity index (χ2n) is 8.87. The number of nitrogens with zero attached hydrogens (tertiary/aromatic N) is 5. The van der Waals surface area contributed by atoms with Gasteiger partial charge in [0, 0.05) is 50.3 Å². The third-order valence-corrected chi connectivity index (χ3v) is 8.99. The topological polar surface area (TPSA) is 66.3 Å². The summed E-state index contributed by atoms with van der Waals surface area (Å²) in [6, 6.07) is 4.49. The zero-order valence-electron chi connectivity index (χ0n) is 19.0. The lowest BCUT2D eigenvalue weighted by atomic mass is 9.94. The van der Waals surface area contributed by atoms with Crippen molar-refractivity contribution in [2.75, 3.05) is 36.4 Å². The lowest BCUT2D eigenvalue weighted by Gasteiger charge is -2.41. The van der Waals surface area contributed by atoms with E-state index in [0.717, 1.165) is 53.5 Å². The third kappa shape index (κ3) is 4.96. The summed E-state index contributed by atoms with van der Waals surface area (Å²) < 4.78 is 1.70. The number of hydrogen-bond donors (Lipinski definition) is 1. The number of piperazine rings is 1. The molecule has 0 unspecified atom stereocenters. The van der Waals surface area contributed by atoms with Crippen LogP contribution in [0.15, 0.2) is 17.5 Å². The maximum atomic E-state index is 12.8. The van der Waals surface area contributed by atoms with Gasteiger partial charge >= 0.3 is 0 Å². The Kier molecular flexibility index (Phi) is 6.74. The maximum Gasteiger partial charge on any atom is 0.277 e. The number of carbonyl (C=O) groups is 1. The molecule has 1 saturated heterocycles. The number of rotatable bonds is 5. The first-order valence-electron chi connectivity index (χ1n) is 11.5. The third-order valence-electron chi connectivity index (χ3n) is 6.67. The van der Waals surface area contributed by atoms with Crippen LogP contribution in [-0.4, -0.2) is 57.8 Å². The Morgan fingerprint density at radius 2 is 1.91 bits per heavy atom. The minimum atomic E-state index is -0.239. The van der Waals surface area contributed by atoms with Crippen molar-refractivity contribution in [1.29, 1.82) is 0 Å². The predicted molar refractivity (Wildman–Crippen MR) is 137 cm³/mol. The zero-order valence-corrected chi connectivity index (χ0v) is 21.4. The Balaban J connectivity index is 1.35. The minimum absolute atomic E-state index is 0.239. The Hall–Kier alpha value is -1.94. The molecule has 3 aromatic rings. The summed E-state index contributed by atoms with van der Waals surface area (Å²) in [5.41, 5.74) is 2.23. The van der Waals surface area contributed by atoms with Gasteiger partial charge in [-0.2, -0.15) is 5.10 Å². The molecule has 1 amide bonds. The molecule has 1 aliphatic carbocycles. The van der Waals surface area contributed by atoms with Gasteiger partial charge in [-0.15, -0.1) is 11.3 Å². The van der Waals surface area contributed by atoms with Crippen molar-refractivity contribution in [3.8, 4) is 10.6 Å². The highest BCUT2D eigenvalue weighted by Gasteiger charge is 2.28. The van der Waals surface area contributed by atoms with E-state index in [2.05, 4.69) is 20.2 Å². The Morgan fingerprint density at radius 1 is 1.15 bits per heavy atom. The van der Waals surface area contributed by atoms with Crippen LogP contribution in [-0.2, 0) is 7.05 Å². The summed E-state index contributed by atoms with van der Waals surface area (Å²) in [4.78, 5) is 23.7. The van der Waals surface area contributed by atoms with E-state index in [1.807, 2.05) is 25.4 Å². The van der Waals surface area contributed by atoms with E-state index >= 15 is 0 Å². The van der Waals surface area contributed by atoms with Crippen LogP contribution in [0, 0.1) is 6.92 Å². The number of hydrogen-bond acceptors (Lipinski definition) is 7. The fourth-order valence-corrected chi connectivity index (χ4v) is 6.90. The fourth-order valence-electron chi connectivity index (χ4n) is 4.75. The number of aromatic nitrogens is 3. The maximum absolute atomic E-state index is 12.8. The van der Waals surface area contributed by atoms with Crippen molar-refractivity contribution >= 4 is 50.3 Å². The molecule has 0 radical (unpaired) electrons. The molecule has 5 rings (SSSR count). The van der Waals surface area contributed by atoms with Crippen molar-refractivity contribution < 1.29 is 4.79 Å². The largest absolute Gasteiger partial charge is 0.359 e. The van der Waals surface area contributed by atoms with Crippen LogP contribution in [0.3, 0.4) is 0 Å². The average Bonchev–Trinajstić information content (AvgIpc) is 3.53. The van der Waals surface area contributed by atoms with Crippen LogP contribution in [0.25, 0.3) is 10.6 Å². The van der Waals surface area contributed by atoms with Gasteiger partial charge in [0.15, 0.2) is 10.8 Å². The Bertz CT molecular complexity index is 1100.